The zero-order valence-electron chi connectivity index (χ0n) is 16.8. The molecule has 4 aromatic rings. The normalized spacial score (nSPS) is 17.5. The molecule has 0 saturated carbocycles. The Morgan fingerprint density at radius 3 is 2.73 bits per heavy atom. The second-order valence-corrected chi connectivity index (χ2v) is 8.52. The largest absolute Gasteiger partial charge is 0.334 e. The van der Waals surface area contributed by atoms with E-state index in [1.807, 2.05) is 46.1 Å². The Bertz CT molecular complexity index is 1200. The van der Waals surface area contributed by atoms with Gasteiger partial charge < -0.3 is 4.90 Å². The molecule has 0 bridgehead atoms. The van der Waals surface area contributed by atoms with Gasteiger partial charge in [0.1, 0.15) is 11.4 Å². The lowest BCUT2D eigenvalue weighted by atomic mass is 10.1. The number of amides is 1. The van der Waals surface area contributed by atoms with Crippen molar-refractivity contribution in [3.63, 3.8) is 0 Å². The molecule has 1 saturated heterocycles. The number of fused-ring (bicyclic) bond motifs is 1. The van der Waals surface area contributed by atoms with E-state index >= 15 is 0 Å². The van der Waals surface area contributed by atoms with Gasteiger partial charge in [0, 0.05) is 49.2 Å². The molecule has 1 aliphatic heterocycles. The number of aromatic nitrogens is 5. The van der Waals surface area contributed by atoms with Crippen molar-refractivity contribution in [3.05, 3.63) is 64.6 Å². The zero-order chi connectivity index (χ0) is 20.7. The number of pyridine rings is 2. The first-order valence-electron chi connectivity index (χ1n) is 9.77. The Morgan fingerprint density at radius 1 is 1.13 bits per heavy atom. The molecule has 4 aromatic heterocycles. The van der Waals surface area contributed by atoms with E-state index in [2.05, 4.69) is 38.3 Å². The summed E-state index contributed by atoms with van der Waals surface area (Å²) < 4.78 is 1.81. The predicted molar refractivity (Wildman–Crippen MR) is 114 cm³/mol. The summed E-state index contributed by atoms with van der Waals surface area (Å²) in [5.41, 5.74) is 4.48. The van der Waals surface area contributed by atoms with E-state index in [-0.39, 0.29) is 11.9 Å². The van der Waals surface area contributed by atoms with Gasteiger partial charge in [0.25, 0.3) is 5.91 Å². The smallest absolute Gasteiger partial charge is 0.273 e. The maximum Gasteiger partial charge on any atom is 0.273 e. The molecule has 5 heterocycles. The van der Waals surface area contributed by atoms with E-state index < -0.39 is 0 Å². The van der Waals surface area contributed by atoms with E-state index in [0.29, 0.717) is 18.8 Å². The number of rotatable bonds is 3. The molecule has 1 fully saturated rings. The van der Waals surface area contributed by atoms with Gasteiger partial charge in [-0.25, -0.2) is 9.50 Å². The maximum absolute atomic E-state index is 12.9. The second kappa shape index (κ2) is 7.58. The van der Waals surface area contributed by atoms with Gasteiger partial charge in [-0.1, -0.05) is 11.3 Å². The van der Waals surface area contributed by atoms with Crippen molar-refractivity contribution in [2.75, 3.05) is 26.7 Å². The first kappa shape index (κ1) is 18.8. The highest BCUT2D eigenvalue weighted by molar-refractivity contribution is 7.09. The lowest BCUT2D eigenvalue weighted by Crippen LogP contribution is -2.49. The summed E-state index contributed by atoms with van der Waals surface area (Å²) in [7, 11) is 2.07. The molecular formula is C21H21N7OS. The van der Waals surface area contributed by atoms with Crippen LogP contribution in [0.15, 0.2) is 48.2 Å². The molecule has 9 heteroatoms. The Hall–Kier alpha value is -3.17. The highest BCUT2D eigenvalue weighted by Gasteiger charge is 2.32. The van der Waals surface area contributed by atoms with Crippen LogP contribution < -0.4 is 0 Å². The summed E-state index contributed by atoms with van der Waals surface area (Å²) >= 11 is 1.50. The van der Waals surface area contributed by atoms with Crippen molar-refractivity contribution in [1.82, 2.24) is 34.6 Å². The number of hydrogen-bond acceptors (Lipinski definition) is 7. The number of likely N-dealkylation sites (N-methyl/N-ethyl adjacent to an activating group) is 1. The van der Waals surface area contributed by atoms with E-state index in [1.54, 1.807) is 12.4 Å². The van der Waals surface area contributed by atoms with Gasteiger partial charge in [0.05, 0.1) is 16.6 Å². The molecule has 0 unspecified atom stereocenters. The minimum Gasteiger partial charge on any atom is -0.334 e. The minimum absolute atomic E-state index is 0.0195. The van der Waals surface area contributed by atoms with Crippen LogP contribution >= 0.6 is 11.3 Å². The standard InChI is InChI=1S/C21H21N7OS/c1-14-23-17(13-30-14)21(29)27-10-9-26(2)19(12-27)20-18-4-3-16(11-28(18)25-24-20)15-5-7-22-8-6-15/h3-8,11,13,19H,9-10,12H2,1-2H3/t19-/m0/s1. The van der Waals surface area contributed by atoms with Crippen LogP contribution in [0.1, 0.15) is 27.2 Å². The van der Waals surface area contributed by atoms with E-state index in [4.69, 9.17) is 0 Å². The fraction of sp³-hybridized carbons (Fsp3) is 0.286. The van der Waals surface area contributed by atoms with Crippen molar-refractivity contribution in [1.29, 1.82) is 0 Å². The molecule has 5 rings (SSSR count). The Kier molecular flexibility index (Phi) is 4.76. The average Bonchev–Trinajstić information content (AvgIpc) is 3.40. The van der Waals surface area contributed by atoms with Crippen LogP contribution in [-0.2, 0) is 0 Å². The third-order valence-electron chi connectivity index (χ3n) is 5.54. The topological polar surface area (TPSA) is 79.5 Å². The number of hydrogen-bond donors (Lipinski definition) is 0. The molecule has 1 aliphatic rings. The van der Waals surface area contributed by atoms with Gasteiger partial charge in [-0.2, -0.15) is 0 Å². The molecule has 0 aliphatic carbocycles. The van der Waals surface area contributed by atoms with Gasteiger partial charge in [-0.3, -0.25) is 14.7 Å². The summed E-state index contributed by atoms with van der Waals surface area (Å²) in [5, 5.41) is 11.6. The van der Waals surface area contributed by atoms with Crippen molar-refractivity contribution in [3.8, 4) is 11.1 Å². The lowest BCUT2D eigenvalue weighted by molar-refractivity contribution is 0.0537. The lowest BCUT2D eigenvalue weighted by Gasteiger charge is -2.38. The van der Waals surface area contributed by atoms with Crippen LogP contribution in [0.2, 0.25) is 0 Å². The Morgan fingerprint density at radius 2 is 1.97 bits per heavy atom. The second-order valence-electron chi connectivity index (χ2n) is 7.46. The first-order chi connectivity index (χ1) is 14.6. The molecule has 0 radical (unpaired) electrons. The van der Waals surface area contributed by atoms with Gasteiger partial charge in [-0.05, 0) is 37.7 Å². The molecule has 152 valence electrons. The molecule has 30 heavy (non-hydrogen) atoms. The summed E-state index contributed by atoms with van der Waals surface area (Å²) in [5.74, 6) is -0.0195. The molecule has 0 spiro atoms. The van der Waals surface area contributed by atoms with E-state index in [9.17, 15) is 4.79 Å². The van der Waals surface area contributed by atoms with E-state index in [1.165, 1.54) is 11.3 Å². The number of piperazine rings is 1. The Labute approximate surface area is 177 Å². The third-order valence-corrected chi connectivity index (χ3v) is 6.32. The first-order valence-corrected chi connectivity index (χ1v) is 10.6. The van der Waals surface area contributed by atoms with Crippen molar-refractivity contribution in [2.24, 2.45) is 0 Å². The van der Waals surface area contributed by atoms with Crippen LogP contribution in [-0.4, -0.2) is 67.2 Å². The third kappa shape index (κ3) is 3.35. The number of nitrogens with zero attached hydrogens (tertiary/aromatic N) is 7. The van der Waals surface area contributed by atoms with Crippen LogP contribution in [0.25, 0.3) is 16.6 Å². The van der Waals surface area contributed by atoms with Crippen LogP contribution in [0.4, 0.5) is 0 Å². The minimum atomic E-state index is -0.0216. The fourth-order valence-corrected chi connectivity index (χ4v) is 4.43. The highest BCUT2D eigenvalue weighted by atomic mass is 32.1. The van der Waals surface area contributed by atoms with Crippen molar-refractivity contribution < 1.29 is 4.79 Å². The van der Waals surface area contributed by atoms with Crippen molar-refractivity contribution >= 4 is 22.8 Å². The molecule has 8 nitrogen and oxygen atoms in total. The molecular weight excluding hydrogens is 398 g/mol. The van der Waals surface area contributed by atoms with Gasteiger partial charge >= 0.3 is 0 Å². The summed E-state index contributed by atoms with van der Waals surface area (Å²) in [6.45, 7) is 3.92. The molecule has 1 amide bonds. The van der Waals surface area contributed by atoms with Crippen LogP contribution in [0, 0.1) is 6.92 Å². The van der Waals surface area contributed by atoms with Gasteiger partial charge in [0.2, 0.25) is 0 Å². The predicted octanol–water partition coefficient (Wildman–Crippen LogP) is 2.69. The molecule has 1 atom stereocenters. The molecule has 0 aromatic carbocycles. The number of thiazole rings is 1. The summed E-state index contributed by atoms with van der Waals surface area (Å²) in [6.07, 6.45) is 5.53. The SMILES string of the molecule is Cc1nc(C(=O)N2CCN(C)[C@H](c3nnn4cc(-c5ccncc5)ccc34)C2)cs1. The van der Waals surface area contributed by atoms with Gasteiger partial charge in [0.15, 0.2) is 0 Å². The number of carbonyl (C=O) groups excluding carboxylic acids is 1. The van der Waals surface area contributed by atoms with Crippen LogP contribution in [0.5, 0.6) is 0 Å². The van der Waals surface area contributed by atoms with Gasteiger partial charge in [-0.15, -0.1) is 16.4 Å². The fourth-order valence-electron chi connectivity index (χ4n) is 3.84. The maximum atomic E-state index is 12.9. The quantitative estimate of drug-likeness (QED) is 0.508. The molecule has 0 N–H and O–H groups in total. The van der Waals surface area contributed by atoms with E-state index in [0.717, 1.165) is 33.9 Å². The monoisotopic (exact) mass is 419 g/mol. The highest BCUT2D eigenvalue weighted by Crippen LogP contribution is 2.28. The summed E-state index contributed by atoms with van der Waals surface area (Å²) in [4.78, 5) is 25.4. The number of aryl methyl sites for hydroxylation is 1. The van der Waals surface area contributed by atoms with Crippen LogP contribution in [0.3, 0.4) is 0 Å². The van der Waals surface area contributed by atoms with Crippen molar-refractivity contribution in [2.45, 2.75) is 13.0 Å². The zero-order valence-corrected chi connectivity index (χ0v) is 17.6. The average molecular weight is 420 g/mol. The Balaban J connectivity index is 1.44. The summed E-state index contributed by atoms with van der Waals surface area (Å²) in [6, 6.07) is 8.03. The number of carbonyl (C=O) groups is 1.